The zero-order valence-corrected chi connectivity index (χ0v) is 53.9. The minimum atomic E-state index is -1.67. The number of carbonyl (C=O) groups excluding carboxylic acids is 1. The van der Waals surface area contributed by atoms with Crippen molar-refractivity contribution in [1.29, 1.82) is 0 Å². The van der Waals surface area contributed by atoms with Crippen LogP contribution in [0.1, 0.15) is 335 Å². The van der Waals surface area contributed by atoms with Crippen molar-refractivity contribution in [3.8, 4) is 0 Å². The number of ether oxygens (including phenoxy) is 2. The fraction of sp³-hybridized carbons (Fsp3) is 0.875. The summed E-state index contributed by atoms with van der Waals surface area (Å²) in [6.45, 7) is 3.48. The molecule has 1 heterocycles. The first-order valence-electron chi connectivity index (χ1n) is 35.5. The van der Waals surface area contributed by atoms with Crippen LogP contribution in [0, 0.1) is 0 Å². The quantitative estimate of drug-likeness (QED) is 0.0215. The summed E-state index contributed by atoms with van der Waals surface area (Å²) in [6, 6.07) is -1.20. The molecule has 1 aliphatic heterocycles. The number of carbonyl (C=O) groups is 1. The molecule has 1 fully saturated rings. The number of aliphatic hydroxyl groups excluding tert-OH is 7. The molecular formula is C72H135NO10. The molecule has 1 aliphatic rings. The van der Waals surface area contributed by atoms with E-state index in [1.54, 1.807) is 0 Å². The van der Waals surface area contributed by atoms with Crippen molar-refractivity contribution in [3.63, 3.8) is 0 Å². The van der Waals surface area contributed by atoms with Gasteiger partial charge in [-0.05, 0) is 89.9 Å². The van der Waals surface area contributed by atoms with Gasteiger partial charge >= 0.3 is 0 Å². The second-order valence-electron chi connectivity index (χ2n) is 24.9. The van der Waals surface area contributed by atoms with Crippen LogP contribution in [0.25, 0.3) is 0 Å². The van der Waals surface area contributed by atoms with E-state index in [-0.39, 0.29) is 12.8 Å². The van der Waals surface area contributed by atoms with Crippen molar-refractivity contribution in [1.82, 2.24) is 5.32 Å². The maximum absolute atomic E-state index is 13.2. The van der Waals surface area contributed by atoms with Crippen LogP contribution in [0.3, 0.4) is 0 Å². The first kappa shape index (κ1) is 79.1. The molecule has 1 rings (SSSR count). The zero-order chi connectivity index (χ0) is 60.3. The molecule has 0 spiro atoms. The van der Waals surface area contributed by atoms with Crippen LogP contribution in [-0.4, -0.2) is 110 Å². The lowest BCUT2D eigenvalue weighted by atomic mass is 9.98. The van der Waals surface area contributed by atoms with Gasteiger partial charge in [0.25, 0.3) is 0 Å². The summed E-state index contributed by atoms with van der Waals surface area (Å²) in [6.07, 6.45) is 67.7. The van der Waals surface area contributed by atoms with Crippen LogP contribution >= 0.6 is 0 Å². The Morgan fingerprint density at radius 2 is 0.723 bits per heavy atom. The Morgan fingerprint density at radius 1 is 0.410 bits per heavy atom. The molecule has 83 heavy (non-hydrogen) atoms. The van der Waals surface area contributed by atoms with E-state index in [2.05, 4.69) is 67.8 Å². The molecule has 0 radical (unpaired) electrons. The van der Waals surface area contributed by atoms with E-state index in [0.29, 0.717) is 19.3 Å². The molecule has 1 saturated heterocycles. The summed E-state index contributed by atoms with van der Waals surface area (Å²) < 4.78 is 11.2. The van der Waals surface area contributed by atoms with E-state index >= 15 is 0 Å². The van der Waals surface area contributed by atoms with E-state index < -0.39 is 74.2 Å². The number of aliphatic hydroxyl groups is 7. The van der Waals surface area contributed by atoms with E-state index in [4.69, 9.17) is 9.47 Å². The Morgan fingerprint density at radius 3 is 1.07 bits per heavy atom. The first-order chi connectivity index (χ1) is 40.7. The molecular weight excluding hydrogens is 1040 g/mol. The number of hydrogen-bond acceptors (Lipinski definition) is 10. The van der Waals surface area contributed by atoms with E-state index in [1.165, 1.54) is 244 Å². The SMILES string of the molecule is CCCCCCCCCCCCCC/C=C\CCCCCCCCCCCCCCCCCC(O)C(=O)NC(COC1OC(CO)C(O)C(O)C1O)C(O)C(O)CCC/C=C/CC/C=C/CC/C=C/CCCCCCCCCCCCCC. The lowest BCUT2D eigenvalue weighted by Gasteiger charge is -2.40. The molecule has 8 N–H and O–H groups in total. The van der Waals surface area contributed by atoms with Gasteiger partial charge in [-0.2, -0.15) is 0 Å². The predicted molar refractivity (Wildman–Crippen MR) is 348 cm³/mol. The highest BCUT2D eigenvalue weighted by molar-refractivity contribution is 5.80. The molecule has 9 unspecified atom stereocenters. The second kappa shape index (κ2) is 60.4. The minimum absolute atomic E-state index is 0.241. The van der Waals surface area contributed by atoms with Crippen molar-refractivity contribution >= 4 is 5.91 Å². The maximum Gasteiger partial charge on any atom is 0.249 e. The van der Waals surface area contributed by atoms with E-state index in [0.717, 1.165) is 44.9 Å². The molecule has 11 nitrogen and oxygen atoms in total. The molecule has 488 valence electrons. The van der Waals surface area contributed by atoms with Crippen LogP contribution in [0.5, 0.6) is 0 Å². The Bertz CT molecular complexity index is 1490. The van der Waals surface area contributed by atoms with Gasteiger partial charge in [0.2, 0.25) is 5.91 Å². The average Bonchev–Trinajstić information content (AvgIpc) is 3.69. The van der Waals surface area contributed by atoms with Crippen molar-refractivity contribution in [2.45, 2.75) is 390 Å². The number of hydrogen-bond donors (Lipinski definition) is 8. The number of unbranched alkanes of at least 4 members (excludes halogenated alkanes) is 42. The third-order valence-corrected chi connectivity index (χ3v) is 17.1. The summed E-state index contributed by atoms with van der Waals surface area (Å²) in [5.41, 5.74) is 0. The molecule has 0 aromatic carbocycles. The Balaban J connectivity index is 2.22. The second-order valence-corrected chi connectivity index (χ2v) is 24.9. The number of nitrogens with one attached hydrogen (secondary N) is 1. The third kappa shape index (κ3) is 47.8. The highest BCUT2D eigenvalue weighted by Crippen LogP contribution is 2.24. The first-order valence-corrected chi connectivity index (χ1v) is 35.5. The van der Waals surface area contributed by atoms with E-state index in [1.807, 2.05) is 0 Å². The van der Waals surface area contributed by atoms with Crippen molar-refractivity contribution in [3.05, 3.63) is 48.6 Å². The van der Waals surface area contributed by atoms with Gasteiger partial charge in [0.05, 0.1) is 25.4 Å². The Hall–Kier alpha value is -1.93. The summed E-state index contributed by atoms with van der Waals surface area (Å²) in [7, 11) is 0. The highest BCUT2D eigenvalue weighted by Gasteiger charge is 2.44. The largest absolute Gasteiger partial charge is 0.394 e. The van der Waals surface area contributed by atoms with Gasteiger partial charge in [-0.25, -0.2) is 0 Å². The van der Waals surface area contributed by atoms with Gasteiger partial charge < -0.3 is 50.5 Å². The summed E-state index contributed by atoms with van der Waals surface area (Å²) in [5, 5.41) is 76.5. The third-order valence-electron chi connectivity index (χ3n) is 17.1. The fourth-order valence-corrected chi connectivity index (χ4v) is 11.4. The lowest BCUT2D eigenvalue weighted by molar-refractivity contribution is -0.303. The monoisotopic (exact) mass is 1170 g/mol. The number of amides is 1. The smallest absolute Gasteiger partial charge is 0.249 e. The zero-order valence-electron chi connectivity index (χ0n) is 53.9. The Kier molecular flexibility index (Phi) is 57.5. The summed E-state index contributed by atoms with van der Waals surface area (Å²) in [5.74, 6) is -0.708. The summed E-state index contributed by atoms with van der Waals surface area (Å²) >= 11 is 0. The average molecular weight is 1170 g/mol. The molecule has 0 aliphatic carbocycles. The Labute approximate surface area is 510 Å². The van der Waals surface area contributed by atoms with Gasteiger partial charge in [0.1, 0.15) is 36.6 Å². The standard InChI is InChI=1S/C72H135NO10/c1-3-5-7-9-11-13-15-17-19-21-23-25-27-29-30-31-32-33-34-36-38-40-42-44-46-48-50-52-54-56-58-60-65(76)71(81)73-63(62-82-72-70(80)69(79)68(78)66(61-74)83-72)67(77)64(75)59-57-55-53-51-49-47-45-43-41-39-37-35-28-26-24-22-20-18-16-14-12-10-8-6-4-2/h29-30,35,37,43,45,51,53,63-70,72,74-80H,3-28,31-34,36,38-42,44,46-50,52,54-62H2,1-2H3,(H,73,81)/b30-29-,37-35+,45-43+,53-51+. The van der Waals surface area contributed by atoms with Gasteiger partial charge in [-0.1, -0.05) is 294 Å². The van der Waals surface area contributed by atoms with E-state index in [9.17, 15) is 40.5 Å². The molecule has 0 bridgehead atoms. The van der Waals surface area contributed by atoms with Crippen LogP contribution in [-0.2, 0) is 14.3 Å². The molecule has 1 amide bonds. The molecule has 0 aromatic rings. The van der Waals surface area contributed by atoms with Crippen LogP contribution < -0.4 is 5.32 Å². The van der Waals surface area contributed by atoms with Crippen LogP contribution in [0.2, 0.25) is 0 Å². The number of rotatable bonds is 62. The molecule has 11 heteroatoms. The van der Waals surface area contributed by atoms with Crippen molar-refractivity contribution in [2.75, 3.05) is 13.2 Å². The molecule has 0 saturated carbocycles. The minimum Gasteiger partial charge on any atom is -0.394 e. The van der Waals surface area contributed by atoms with Crippen LogP contribution in [0.4, 0.5) is 0 Å². The fourth-order valence-electron chi connectivity index (χ4n) is 11.4. The van der Waals surface area contributed by atoms with Gasteiger partial charge in [0, 0.05) is 0 Å². The van der Waals surface area contributed by atoms with Crippen molar-refractivity contribution in [2.24, 2.45) is 0 Å². The maximum atomic E-state index is 13.2. The molecule has 0 aromatic heterocycles. The topological polar surface area (TPSA) is 189 Å². The van der Waals surface area contributed by atoms with Gasteiger partial charge in [0.15, 0.2) is 6.29 Å². The lowest BCUT2D eigenvalue weighted by Crippen LogP contribution is -2.60. The molecule has 9 atom stereocenters. The van der Waals surface area contributed by atoms with Crippen molar-refractivity contribution < 1.29 is 50.0 Å². The predicted octanol–water partition coefficient (Wildman–Crippen LogP) is 17.1. The summed E-state index contributed by atoms with van der Waals surface area (Å²) in [4.78, 5) is 13.2. The highest BCUT2D eigenvalue weighted by atomic mass is 16.7. The van der Waals surface area contributed by atoms with Gasteiger partial charge in [-0.3, -0.25) is 4.79 Å². The number of allylic oxidation sites excluding steroid dienone is 8. The normalized spacial score (nSPS) is 19.3. The van der Waals surface area contributed by atoms with Gasteiger partial charge in [-0.15, -0.1) is 0 Å². The van der Waals surface area contributed by atoms with Crippen LogP contribution in [0.15, 0.2) is 48.6 Å².